The van der Waals surface area contributed by atoms with Gasteiger partial charge in [0.1, 0.15) is 24.5 Å². The van der Waals surface area contributed by atoms with E-state index in [2.05, 4.69) is 25.2 Å². The van der Waals surface area contributed by atoms with E-state index >= 15 is 0 Å². The number of alkyl halides is 1. The van der Waals surface area contributed by atoms with Crippen LogP contribution >= 0.6 is 23.2 Å². The van der Waals surface area contributed by atoms with Gasteiger partial charge in [0.15, 0.2) is 5.75 Å². The molecule has 0 atom stereocenters. The summed E-state index contributed by atoms with van der Waals surface area (Å²) in [5, 5.41) is 12.8. The summed E-state index contributed by atoms with van der Waals surface area (Å²) in [4.78, 5) is 11.9. The van der Waals surface area contributed by atoms with Crippen LogP contribution in [0.4, 0.5) is 4.79 Å². The Balaban J connectivity index is 1.57. The predicted molar refractivity (Wildman–Crippen MR) is 142 cm³/mol. The van der Waals surface area contributed by atoms with Crippen molar-refractivity contribution in [3.63, 3.8) is 0 Å². The molecule has 0 unspecified atom stereocenters. The molecule has 1 N–H and O–H groups in total. The van der Waals surface area contributed by atoms with E-state index < -0.39 is 5.41 Å². The molecular formula is C28H34Cl2N2O4. The number of carbonyl (C=O) groups is 1. The van der Waals surface area contributed by atoms with Crippen LogP contribution < -0.4 is 14.8 Å². The van der Waals surface area contributed by atoms with Gasteiger partial charge in [-0.2, -0.15) is 5.26 Å². The van der Waals surface area contributed by atoms with Crippen LogP contribution in [0.3, 0.4) is 0 Å². The van der Waals surface area contributed by atoms with Crippen molar-refractivity contribution in [2.75, 3.05) is 19.1 Å². The summed E-state index contributed by atoms with van der Waals surface area (Å²) < 4.78 is 17.0. The Hall–Kier alpha value is -2.62. The van der Waals surface area contributed by atoms with Gasteiger partial charge in [0.05, 0.1) is 23.1 Å². The van der Waals surface area contributed by atoms with Gasteiger partial charge in [-0.3, -0.25) is 0 Å². The van der Waals surface area contributed by atoms with Gasteiger partial charge in [-0.15, -0.1) is 11.6 Å². The van der Waals surface area contributed by atoms with E-state index in [0.717, 1.165) is 29.7 Å². The van der Waals surface area contributed by atoms with Crippen LogP contribution in [-0.4, -0.2) is 36.8 Å². The first-order valence-electron chi connectivity index (χ1n) is 12.1. The number of alkyl carbamates (subject to hydrolysis) is 1. The van der Waals surface area contributed by atoms with Crippen molar-refractivity contribution in [1.82, 2.24) is 5.32 Å². The molecule has 0 spiro atoms. The summed E-state index contributed by atoms with van der Waals surface area (Å²) >= 11 is 12.2. The summed E-state index contributed by atoms with van der Waals surface area (Å²) in [5.74, 6) is 1.82. The van der Waals surface area contributed by atoms with E-state index in [4.69, 9.17) is 37.4 Å². The monoisotopic (exact) mass is 532 g/mol. The minimum Gasteiger partial charge on any atom is -0.493 e. The van der Waals surface area contributed by atoms with Crippen molar-refractivity contribution in [2.45, 2.75) is 64.5 Å². The molecule has 2 aromatic rings. The van der Waals surface area contributed by atoms with Crippen molar-refractivity contribution in [1.29, 1.82) is 5.26 Å². The molecule has 194 valence electrons. The largest absolute Gasteiger partial charge is 0.493 e. The topological polar surface area (TPSA) is 80.6 Å². The summed E-state index contributed by atoms with van der Waals surface area (Å²) in [6.45, 7) is 10.8. The number of halogens is 2. The first-order chi connectivity index (χ1) is 16.9. The molecule has 3 rings (SSSR count). The first kappa shape index (κ1) is 28.0. The van der Waals surface area contributed by atoms with Crippen LogP contribution in [0.2, 0.25) is 5.02 Å². The molecule has 1 aliphatic rings. The van der Waals surface area contributed by atoms with Crippen molar-refractivity contribution in [3.05, 3.63) is 58.1 Å². The molecule has 1 amide bonds. The number of hydrogen-bond donors (Lipinski definition) is 1. The maximum atomic E-state index is 11.9. The molecule has 0 radical (unpaired) electrons. The van der Waals surface area contributed by atoms with Crippen LogP contribution in [0.1, 0.15) is 64.2 Å². The molecule has 6 nitrogen and oxygen atoms in total. The van der Waals surface area contributed by atoms with Crippen molar-refractivity contribution < 1.29 is 19.0 Å². The van der Waals surface area contributed by atoms with Crippen LogP contribution in [0, 0.1) is 17.2 Å². The highest BCUT2D eigenvalue weighted by Gasteiger charge is 2.33. The first-order valence-corrected chi connectivity index (χ1v) is 13.0. The summed E-state index contributed by atoms with van der Waals surface area (Å²) in [5.41, 5.74) is 1.65. The average molecular weight is 533 g/mol. The molecule has 36 heavy (non-hydrogen) atoms. The molecule has 0 aliphatic heterocycles. The fraction of sp³-hybridized carbons (Fsp3) is 0.500. The Morgan fingerprint density at radius 3 is 2.33 bits per heavy atom. The fourth-order valence-corrected chi connectivity index (χ4v) is 4.42. The van der Waals surface area contributed by atoms with Crippen LogP contribution in [0.15, 0.2) is 36.4 Å². The third-order valence-electron chi connectivity index (χ3n) is 6.21. The minimum atomic E-state index is -0.398. The SMILES string of the molecule is CC(C)(C)NC(=O)OC1CC(COc2ccc(C(C)(C)c3cc(Cl)c(OCCCl)c(C#N)c3)cc2)C1. The number of nitrogens with one attached hydrogen (secondary N) is 1. The zero-order valence-electron chi connectivity index (χ0n) is 21.5. The second-order valence-electron chi connectivity index (χ2n) is 10.7. The number of nitriles is 1. The summed E-state index contributed by atoms with van der Waals surface area (Å²) in [7, 11) is 0. The number of benzene rings is 2. The summed E-state index contributed by atoms with van der Waals surface area (Å²) in [6.07, 6.45) is 1.18. The Kier molecular flexibility index (Phi) is 9.03. The normalized spacial score (nSPS) is 17.5. The average Bonchev–Trinajstić information content (AvgIpc) is 2.78. The predicted octanol–water partition coefficient (Wildman–Crippen LogP) is 6.84. The molecule has 2 aromatic carbocycles. The molecule has 0 heterocycles. The second-order valence-corrected chi connectivity index (χ2v) is 11.5. The number of amides is 1. The standard InChI is InChI=1S/C28H34Cl2N2O4/c1-27(2,3)32-26(33)36-23-12-18(13-23)17-35-22-8-6-20(7-9-22)28(4,5)21-14-19(16-31)25(24(30)15-21)34-11-10-29/h6-9,14-15,18,23H,10-13,17H2,1-5H3,(H,32,33). The Morgan fingerprint density at radius 1 is 1.08 bits per heavy atom. The highest BCUT2D eigenvalue weighted by atomic mass is 35.5. The van der Waals surface area contributed by atoms with Gasteiger partial charge in [-0.05, 0) is 74.9 Å². The molecule has 0 bridgehead atoms. The lowest BCUT2D eigenvalue weighted by molar-refractivity contribution is -0.000641. The number of carbonyl (C=O) groups excluding carboxylic acids is 1. The van der Waals surface area contributed by atoms with Crippen molar-refractivity contribution in [2.24, 2.45) is 5.92 Å². The van der Waals surface area contributed by atoms with Gasteiger partial charge in [-0.25, -0.2) is 4.79 Å². The van der Waals surface area contributed by atoms with Gasteiger partial charge in [0.25, 0.3) is 0 Å². The quantitative estimate of drug-likeness (QED) is 0.357. The maximum Gasteiger partial charge on any atom is 0.407 e. The Labute approximate surface area is 223 Å². The highest BCUT2D eigenvalue weighted by Crippen LogP contribution is 2.39. The Bertz CT molecular complexity index is 1100. The van der Waals surface area contributed by atoms with Gasteiger partial charge < -0.3 is 19.5 Å². The van der Waals surface area contributed by atoms with Crippen molar-refractivity contribution in [3.8, 4) is 17.6 Å². The third kappa shape index (κ3) is 7.21. The smallest absolute Gasteiger partial charge is 0.407 e. The lowest BCUT2D eigenvalue weighted by Gasteiger charge is -2.35. The molecule has 0 saturated heterocycles. The summed E-state index contributed by atoms with van der Waals surface area (Å²) in [6, 6.07) is 13.8. The molecule has 1 saturated carbocycles. The van der Waals surface area contributed by atoms with Crippen LogP contribution in [0.5, 0.6) is 11.5 Å². The lowest BCUT2D eigenvalue weighted by Crippen LogP contribution is -2.45. The van der Waals surface area contributed by atoms with Gasteiger partial charge in [0.2, 0.25) is 0 Å². The number of rotatable bonds is 9. The highest BCUT2D eigenvalue weighted by molar-refractivity contribution is 6.32. The third-order valence-corrected chi connectivity index (χ3v) is 6.65. The lowest BCUT2D eigenvalue weighted by atomic mass is 9.77. The number of hydrogen-bond acceptors (Lipinski definition) is 5. The fourth-order valence-electron chi connectivity index (χ4n) is 4.07. The van der Waals surface area contributed by atoms with Gasteiger partial charge >= 0.3 is 6.09 Å². The maximum absolute atomic E-state index is 11.9. The molecule has 1 aliphatic carbocycles. The van der Waals surface area contributed by atoms with Crippen LogP contribution in [0.25, 0.3) is 0 Å². The van der Waals surface area contributed by atoms with E-state index in [-0.39, 0.29) is 24.3 Å². The van der Waals surface area contributed by atoms with E-state index in [1.54, 1.807) is 0 Å². The van der Waals surface area contributed by atoms with Crippen LogP contribution in [-0.2, 0) is 10.2 Å². The van der Waals surface area contributed by atoms with E-state index in [1.165, 1.54) is 0 Å². The van der Waals surface area contributed by atoms with Gasteiger partial charge in [0, 0.05) is 11.0 Å². The van der Waals surface area contributed by atoms with E-state index in [0.29, 0.717) is 34.7 Å². The minimum absolute atomic E-state index is 0.0547. The van der Waals surface area contributed by atoms with Crippen molar-refractivity contribution >= 4 is 29.3 Å². The van der Waals surface area contributed by atoms with Gasteiger partial charge in [-0.1, -0.05) is 37.6 Å². The van der Waals surface area contributed by atoms with E-state index in [1.807, 2.05) is 57.2 Å². The second kappa shape index (κ2) is 11.6. The molecule has 1 fully saturated rings. The molecular weight excluding hydrogens is 499 g/mol. The number of nitrogens with zero attached hydrogens (tertiary/aromatic N) is 1. The zero-order chi connectivity index (χ0) is 26.5. The zero-order valence-corrected chi connectivity index (χ0v) is 23.0. The molecule has 0 aromatic heterocycles. The number of ether oxygens (including phenoxy) is 3. The van der Waals surface area contributed by atoms with E-state index in [9.17, 15) is 10.1 Å². The Morgan fingerprint density at radius 2 is 1.75 bits per heavy atom. The molecule has 8 heteroatoms.